The zero-order valence-corrected chi connectivity index (χ0v) is 14.1. The second-order valence-corrected chi connectivity index (χ2v) is 5.61. The number of alkyl carbamates (subject to hydrolysis) is 1. The van der Waals surface area contributed by atoms with Crippen LogP contribution in [-0.4, -0.2) is 25.2 Å². The molecule has 0 saturated carbocycles. The molecule has 126 valence electrons. The molecule has 0 radical (unpaired) electrons. The van der Waals surface area contributed by atoms with Crippen LogP contribution in [0, 0.1) is 13.8 Å². The van der Waals surface area contributed by atoms with Crippen LogP contribution in [0.15, 0.2) is 48.5 Å². The van der Waals surface area contributed by atoms with Gasteiger partial charge in [0.1, 0.15) is 6.04 Å². The minimum atomic E-state index is -0.722. The predicted octanol–water partition coefficient (Wildman–Crippen LogP) is 3.21. The first kappa shape index (κ1) is 17.5. The molecule has 0 bridgehead atoms. The van der Waals surface area contributed by atoms with Crippen molar-refractivity contribution in [2.75, 3.05) is 12.4 Å². The molecule has 0 heterocycles. The number of hydrogen-bond acceptors (Lipinski definition) is 3. The molecule has 0 fully saturated rings. The van der Waals surface area contributed by atoms with Gasteiger partial charge in [0.15, 0.2) is 0 Å². The SMILES string of the molecule is COC(=O)NC(Cc1ccccc1)C(=O)Nc1cccc(C)c1C. The maximum atomic E-state index is 12.7. The van der Waals surface area contributed by atoms with Crippen LogP contribution in [0.25, 0.3) is 0 Å². The molecule has 0 spiro atoms. The number of amides is 2. The second-order valence-electron chi connectivity index (χ2n) is 5.61. The third-order valence-electron chi connectivity index (χ3n) is 3.94. The highest BCUT2D eigenvalue weighted by molar-refractivity contribution is 5.97. The van der Waals surface area contributed by atoms with E-state index < -0.39 is 12.1 Å². The Hall–Kier alpha value is -2.82. The van der Waals surface area contributed by atoms with Crippen LogP contribution in [0.3, 0.4) is 0 Å². The molecular formula is C19H22N2O3. The van der Waals surface area contributed by atoms with Crippen LogP contribution in [0.4, 0.5) is 10.5 Å². The van der Waals surface area contributed by atoms with Gasteiger partial charge >= 0.3 is 6.09 Å². The summed E-state index contributed by atoms with van der Waals surface area (Å²) in [5.74, 6) is -0.280. The minimum Gasteiger partial charge on any atom is -0.453 e. The van der Waals surface area contributed by atoms with E-state index in [0.717, 1.165) is 22.4 Å². The van der Waals surface area contributed by atoms with Crippen LogP contribution < -0.4 is 10.6 Å². The highest BCUT2D eigenvalue weighted by Gasteiger charge is 2.22. The maximum Gasteiger partial charge on any atom is 0.407 e. The van der Waals surface area contributed by atoms with E-state index in [4.69, 9.17) is 0 Å². The fourth-order valence-electron chi connectivity index (χ4n) is 2.37. The van der Waals surface area contributed by atoms with Crippen molar-refractivity contribution in [2.24, 2.45) is 0 Å². The van der Waals surface area contributed by atoms with Crippen LogP contribution in [0.2, 0.25) is 0 Å². The Morgan fingerprint density at radius 3 is 2.42 bits per heavy atom. The fourth-order valence-corrected chi connectivity index (χ4v) is 2.37. The third-order valence-corrected chi connectivity index (χ3v) is 3.94. The van der Waals surface area contributed by atoms with Gasteiger partial charge in [-0.2, -0.15) is 0 Å². The van der Waals surface area contributed by atoms with Gasteiger partial charge < -0.3 is 15.4 Å². The van der Waals surface area contributed by atoms with E-state index in [1.807, 2.05) is 62.4 Å². The first-order valence-electron chi connectivity index (χ1n) is 7.76. The summed E-state index contributed by atoms with van der Waals surface area (Å²) in [6.45, 7) is 3.93. The molecule has 5 heteroatoms. The Morgan fingerprint density at radius 2 is 1.75 bits per heavy atom. The molecule has 0 aliphatic rings. The van der Waals surface area contributed by atoms with Gasteiger partial charge in [0.05, 0.1) is 7.11 Å². The molecule has 0 aliphatic heterocycles. The molecule has 0 saturated heterocycles. The lowest BCUT2D eigenvalue weighted by molar-refractivity contribution is -0.118. The average molecular weight is 326 g/mol. The predicted molar refractivity (Wildman–Crippen MR) is 94.0 cm³/mol. The molecule has 2 aromatic carbocycles. The van der Waals surface area contributed by atoms with Crippen molar-refractivity contribution in [3.05, 3.63) is 65.2 Å². The molecule has 1 unspecified atom stereocenters. The monoisotopic (exact) mass is 326 g/mol. The number of methoxy groups -OCH3 is 1. The highest BCUT2D eigenvalue weighted by Crippen LogP contribution is 2.18. The summed E-state index contributed by atoms with van der Waals surface area (Å²) in [7, 11) is 1.28. The van der Waals surface area contributed by atoms with Gasteiger partial charge in [-0.25, -0.2) is 4.79 Å². The molecule has 0 aliphatic carbocycles. The summed E-state index contributed by atoms with van der Waals surface area (Å²) in [5, 5.41) is 5.49. The van der Waals surface area contributed by atoms with E-state index in [0.29, 0.717) is 6.42 Å². The first-order chi connectivity index (χ1) is 11.5. The number of benzene rings is 2. The van der Waals surface area contributed by atoms with Crippen molar-refractivity contribution in [1.29, 1.82) is 0 Å². The van der Waals surface area contributed by atoms with Crippen molar-refractivity contribution in [2.45, 2.75) is 26.3 Å². The van der Waals surface area contributed by atoms with Gasteiger partial charge in [-0.15, -0.1) is 0 Å². The van der Waals surface area contributed by atoms with Gasteiger partial charge in [0.25, 0.3) is 0 Å². The number of aryl methyl sites for hydroxylation is 1. The number of nitrogens with one attached hydrogen (secondary N) is 2. The Balaban J connectivity index is 2.17. The van der Waals surface area contributed by atoms with Gasteiger partial charge in [-0.05, 0) is 36.6 Å². The molecule has 0 aromatic heterocycles. The number of carbonyl (C=O) groups is 2. The van der Waals surface area contributed by atoms with Crippen LogP contribution in [0.1, 0.15) is 16.7 Å². The molecule has 2 aromatic rings. The number of rotatable bonds is 5. The third kappa shape index (κ3) is 4.59. The van der Waals surface area contributed by atoms with Gasteiger partial charge in [0.2, 0.25) is 5.91 Å². The van der Waals surface area contributed by atoms with Gasteiger partial charge in [-0.3, -0.25) is 4.79 Å². The van der Waals surface area contributed by atoms with E-state index in [1.165, 1.54) is 7.11 Å². The largest absolute Gasteiger partial charge is 0.453 e. The topological polar surface area (TPSA) is 67.4 Å². The smallest absolute Gasteiger partial charge is 0.407 e. The normalized spacial score (nSPS) is 11.5. The van der Waals surface area contributed by atoms with E-state index in [1.54, 1.807) is 0 Å². The lowest BCUT2D eigenvalue weighted by Gasteiger charge is -2.19. The quantitative estimate of drug-likeness (QED) is 0.886. The minimum absolute atomic E-state index is 0.280. The molecule has 24 heavy (non-hydrogen) atoms. The zero-order chi connectivity index (χ0) is 17.5. The molecule has 2 amide bonds. The maximum absolute atomic E-state index is 12.7. The first-order valence-corrected chi connectivity index (χ1v) is 7.76. The van der Waals surface area contributed by atoms with Crippen LogP contribution in [-0.2, 0) is 16.0 Å². The average Bonchev–Trinajstić information content (AvgIpc) is 2.59. The second kappa shape index (κ2) is 8.15. The standard InChI is InChI=1S/C19H22N2O3/c1-13-8-7-11-16(14(13)2)20-18(22)17(21-19(23)24-3)12-15-9-5-4-6-10-15/h4-11,17H,12H2,1-3H3,(H,20,22)(H,21,23). The van der Waals surface area contributed by atoms with E-state index in [9.17, 15) is 9.59 Å². The van der Waals surface area contributed by atoms with E-state index in [-0.39, 0.29) is 5.91 Å². The van der Waals surface area contributed by atoms with Crippen molar-refractivity contribution in [1.82, 2.24) is 5.32 Å². The molecular weight excluding hydrogens is 304 g/mol. The summed E-state index contributed by atoms with van der Waals surface area (Å²) in [4.78, 5) is 24.2. The summed E-state index contributed by atoms with van der Waals surface area (Å²) in [6.07, 6.45) is -0.251. The van der Waals surface area contributed by atoms with E-state index in [2.05, 4.69) is 15.4 Å². The summed E-state index contributed by atoms with van der Waals surface area (Å²) in [5.41, 5.74) is 3.79. The molecule has 5 nitrogen and oxygen atoms in total. The summed E-state index contributed by atoms with van der Waals surface area (Å²) >= 11 is 0. The van der Waals surface area contributed by atoms with E-state index >= 15 is 0 Å². The molecule has 1 atom stereocenters. The fraction of sp³-hybridized carbons (Fsp3) is 0.263. The Labute approximate surface area is 142 Å². The Kier molecular flexibility index (Phi) is 5.95. The number of anilines is 1. The highest BCUT2D eigenvalue weighted by atomic mass is 16.5. The molecule has 2 rings (SSSR count). The van der Waals surface area contributed by atoms with Crippen molar-refractivity contribution in [3.8, 4) is 0 Å². The Bertz CT molecular complexity index is 714. The summed E-state index contributed by atoms with van der Waals surface area (Å²) < 4.78 is 4.63. The molecule has 2 N–H and O–H groups in total. The summed E-state index contributed by atoms with van der Waals surface area (Å²) in [6, 6.07) is 14.5. The van der Waals surface area contributed by atoms with Crippen LogP contribution in [0.5, 0.6) is 0 Å². The zero-order valence-electron chi connectivity index (χ0n) is 14.1. The lowest BCUT2D eigenvalue weighted by Crippen LogP contribution is -2.45. The van der Waals surface area contributed by atoms with Gasteiger partial charge in [-0.1, -0.05) is 42.5 Å². The van der Waals surface area contributed by atoms with Gasteiger partial charge in [0, 0.05) is 12.1 Å². The van der Waals surface area contributed by atoms with Crippen molar-refractivity contribution < 1.29 is 14.3 Å². The van der Waals surface area contributed by atoms with Crippen molar-refractivity contribution >= 4 is 17.7 Å². The number of carbonyl (C=O) groups excluding carboxylic acids is 2. The number of hydrogen-bond donors (Lipinski definition) is 2. The van der Waals surface area contributed by atoms with Crippen molar-refractivity contribution in [3.63, 3.8) is 0 Å². The van der Waals surface area contributed by atoms with Crippen LogP contribution >= 0.6 is 0 Å². The lowest BCUT2D eigenvalue weighted by atomic mass is 10.0. The Morgan fingerprint density at radius 1 is 1.04 bits per heavy atom. The number of ether oxygens (including phenoxy) is 1.